The number of ether oxygens (including phenoxy) is 3. The predicted octanol–water partition coefficient (Wildman–Crippen LogP) is 6.96. The van der Waals surface area contributed by atoms with Crippen LogP contribution in [-0.4, -0.2) is 154 Å². The first-order chi connectivity index (χ1) is 31.9. The molecule has 1 aliphatic heterocycles. The lowest BCUT2D eigenvalue weighted by atomic mass is 9.79. The molecule has 2 amide bonds. The molecule has 1 aromatic carbocycles. The van der Waals surface area contributed by atoms with E-state index in [4.69, 9.17) is 29.2 Å². The second-order valence-corrected chi connectivity index (χ2v) is 19.6. The Labute approximate surface area is 415 Å². The first kappa shape index (κ1) is 67.6. The highest BCUT2D eigenvalue weighted by atomic mass is 19.4. The van der Waals surface area contributed by atoms with Crippen LogP contribution in [0.4, 0.5) is 13.2 Å². The van der Waals surface area contributed by atoms with E-state index in [0.29, 0.717) is 32.5 Å². The molecule has 0 aliphatic carbocycles. The van der Waals surface area contributed by atoms with Crippen LogP contribution in [0.2, 0.25) is 0 Å². The number of alkyl halides is 3. The number of carbonyl (C=O) groups is 7. The molecule has 1 aromatic rings. The topological polar surface area (TPSA) is 218 Å². The van der Waals surface area contributed by atoms with Crippen LogP contribution in [0.25, 0.3) is 0 Å². The number of nitrogens with one attached hydrogen (secondary N) is 2. The average molecular weight is 1010 g/mol. The van der Waals surface area contributed by atoms with Crippen molar-refractivity contribution in [2.75, 3.05) is 62.1 Å². The van der Waals surface area contributed by atoms with Gasteiger partial charge in [-0.3, -0.25) is 28.8 Å². The minimum absolute atomic E-state index is 0. The highest BCUT2D eigenvalue weighted by Crippen LogP contribution is 2.32. The van der Waals surface area contributed by atoms with Gasteiger partial charge in [0, 0.05) is 71.0 Å². The first-order valence-corrected chi connectivity index (χ1v) is 23.6. The van der Waals surface area contributed by atoms with Gasteiger partial charge in [0.15, 0.2) is 0 Å². The summed E-state index contributed by atoms with van der Waals surface area (Å²) in [7, 11) is 9.78. The van der Waals surface area contributed by atoms with Crippen LogP contribution in [0, 0.1) is 40.4 Å². The summed E-state index contributed by atoms with van der Waals surface area (Å²) in [4.78, 5) is 91.1. The van der Waals surface area contributed by atoms with Crippen LogP contribution in [0.5, 0.6) is 0 Å². The largest absolute Gasteiger partial charge is 0.490 e. The van der Waals surface area contributed by atoms with Crippen molar-refractivity contribution in [3.05, 3.63) is 35.9 Å². The number of esters is 1. The van der Waals surface area contributed by atoms with E-state index in [1.165, 1.54) is 7.11 Å². The third-order valence-electron chi connectivity index (χ3n) is 13.0. The Kier molecular flexibility index (Phi) is 30.7. The number of carbonyl (C=O) groups excluding carboxylic acids is 5. The van der Waals surface area contributed by atoms with E-state index in [2.05, 4.69) is 24.5 Å². The highest BCUT2D eigenvalue weighted by molar-refractivity contribution is 5.90. The number of halogens is 3. The van der Waals surface area contributed by atoms with Crippen LogP contribution >= 0.6 is 0 Å². The van der Waals surface area contributed by atoms with Crippen molar-refractivity contribution in [2.45, 2.75) is 145 Å². The lowest BCUT2D eigenvalue weighted by molar-refractivity contribution is -0.192. The number of carboxylic acids is 2. The smallest absolute Gasteiger partial charge is 0.481 e. The Morgan fingerprint density at radius 1 is 0.829 bits per heavy atom. The second kappa shape index (κ2) is 31.8. The molecule has 16 nitrogen and oxygen atoms in total. The van der Waals surface area contributed by atoms with Gasteiger partial charge >= 0.3 is 24.1 Å². The van der Waals surface area contributed by atoms with Crippen LogP contribution in [0.15, 0.2) is 30.3 Å². The Bertz CT molecular complexity index is 1780. The standard InChI is InChI=1S/C42H69N3O8.C6H13NO2.C2HF3O2.CH4/c1-13-28(4)38(44(9)40(49)32(27(2)3)24-36(47)42(6,7)26-43-8)35(51-10)25-37(48)45-21-17-20-33(45)39(52-11)29(5)34(46)23-31(41(50)53-12)22-30-18-15-14-16-19-30;1-6(2,4-7-3)5(8)9;3-2(4,5)1(6)7;/h14-16,18-19,27-29,31-33,35,38-39,43H,13,17,20-26H2,1-12H3;7H,4H2,1-3H3,(H,8,9);(H,6,7);1H4/t28-,29-,31+,32-,33-,35+,38-,39+;;;/m0.../s1. The zero-order valence-corrected chi connectivity index (χ0v) is 43.7. The quantitative estimate of drug-likeness (QED) is 0.0690. The van der Waals surface area contributed by atoms with E-state index < -0.39 is 70.9 Å². The summed E-state index contributed by atoms with van der Waals surface area (Å²) >= 11 is 0. The first-order valence-electron chi connectivity index (χ1n) is 23.6. The summed E-state index contributed by atoms with van der Waals surface area (Å²) in [6, 6.07) is 8.79. The van der Waals surface area contributed by atoms with Crippen molar-refractivity contribution in [3.63, 3.8) is 0 Å². The Balaban J connectivity index is 0. The van der Waals surface area contributed by atoms with Gasteiger partial charge in [0.25, 0.3) is 0 Å². The lowest BCUT2D eigenvalue weighted by Crippen LogP contribution is -2.54. The van der Waals surface area contributed by atoms with Gasteiger partial charge in [-0.25, -0.2) is 4.79 Å². The summed E-state index contributed by atoms with van der Waals surface area (Å²) in [5, 5.41) is 21.6. The molecule has 404 valence electrons. The number of ketones is 2. The van der Waals surface area contributed by atoms with Crippen molar-refractivity contribution >= 4 is 41.3 Å². The summed E-state index contributed by atoms with van der Waals surface area (Å²) in [6.07, 6.45) is -3.51. The van der Waals surface area contributed by atoms with E-state index >= 15 is 0 Å². The Morgan fingerprint density at radius 2 is 1.36 bits per heavy atom. The zero-order chi connectivity index (χ0) is 53.6. The fraction of sp³-hybridized carbons (Fsp3) is 0.745. The van der Waals surface area contributed by atoms with E-state index in [1.807, 2.05) is 72.0 Å². The van der Waals surface area contributed by atoms with Gasteiger partial charge in [-0.05, 0) is 64.6 Å². The number of methoxy groups -OCH3 is 3. The van der Waals surface area contributed by atoms with Crippen LogP contribution in [0.3, 0.4) is 0 Å². The SMILES string of the molecule is C.CC[C@H](C)[C@@H]([C@@H](CC(=O)N1CCC[C@H]1[C@H](OC)[C@@H](C)C(=O)C[C@@H](Cc1ccccc1)C(=O)OC)OC)N(C)C(=O)[C@@H](CC(=O)C(C)(C)CNC)C(C)C.CNCC(C)(C)C(=O)O.O=C(O)C(F)(F)F. The maximum atomic E-state index is 14.2. The van der Waals surface area contributed by atoms with Gasteiger partial charge in [0.1, 0.15) is 11.6 Å². The number of nitrogens with zero attached hydrogens (tertiary/aromatic N) is 2. The van der Waals surface area contributed by atoms with E-state index in [-0.39, 0.29) is 67.9 Å². The van der Waals surface area contributed by atoms with Crippen LogP contribution in [-0.2, 0) is 54.2 Å². The number of amides is 2. The molecule has 0 spiro atoms. The summed E-state index contributed by atoms with van der Waals surface area (Å²) < 4.78 is 48.8. The van der Waals surface area contributed by atoms with Crippen molar-refractivity contribution in [2.24, 2.45) is 40.4 Å². The molecule has 0 bridgehead atoms. The fourth-order valence-corrected chi connectivity index (χ4v) is 8.48. The fourth-order valence-electron chi connectivity index (χ4n) is 8.48. The molecular formula is C51H87F3N4O12. The molecule has 0 radical (unpaired) electrons. The van der Waals surface area contributed by atoms with Gasteiger partial charge in [0.05, 0.1) is 49.2 Å². The monoisotopic (exact) mass is 1000 g/mol. The van der Waals surface area contributed by atoms with E-state index in [1.54, 1.807) is 52.0 Å². The molecular weight excluding hydrogens is 918 g/mol. The summed E-state index contributed by atoms with van der Waals surface area (Å²) in [5.74, 6) is -6.10. The van der Waals surface area contributed by atoms with Crippen molar-refractivity contribution in [1.29, 1.82) is 0 Å². The van der Waals surface area contributed by atoms with Gasteiger partial charge in [0.2, 0.25) is 11.8 Å². The summed E-state index contributed by atoms with van der Waals surface area (Å²) in [6.45, 7) is 18.6. The van der Waals surface area contributed by atoms with E-state index in [9.17, 15) is 41.9 Å². The molecule has 70 heavy (non-hydrogen) atoms. The predicted molar refractivity (Wildman–Crippen MR) is 263 cm³/mol. The van der Waals surface area contributed by atoms with Gasteiger partial charge in [-0.1, -0.05) is 92.6 Å². The summed E-state index contributed by atoms with van der Waals surface area (Å²) in [5.41, 5.74) is -0.316. The minimum Gasteiger partial charge on any atom is -0.481 e. The number of carboxylic acid groups (broad SMARTS) is 2. The zero-order valence-electron chi connectivity index (χ0n) is 43.7. The van der Waals surface area contributed by atoms with Gasteiger partial charge in [-0.2, -0.15) is 13.2 Å². The lowest BCUT2D eigenvalue weighted by Gasteiger charge is -2.41. The third kappa shape index (κ3) is 21.5. The molecule has 0 saturated carbocycles. The van der Waals surface area contributed by atoms with Crippen molar-refractivity contribution in [1.82, 2.24) is 20.4 Å². The molecule has 1 heterocycles. The second-order valence-electron chi connectivity index (χ2n) is 19.6. The molecule has 1 aliphatic rings. The maximum Gasteiger partial charge on any atom is 0.490 e. The number of Topliss-reactive ketones (excluding diaryl/α,β-unsaturated/α-hetero) is 2. The van der Waals surface area contributed by atoms with Crippen LogP contribution in [0.1, 0.15) is 114 Å². The van der Waals surface area contributed by atoms with Gasteiger partial charge < -0.3 is 44.9 Å². The molecule has 8 atom stereocenters. The third-order valence-corrected chi connectivity index (χ3v) is 13.0. The number of aliphatic carboxylic acids is 2. The molecule has 0 unspecified atom stereocenters. The number of rotatable bonds is 26. The molecule has 1 fully saturated rings. The van der Waals surface area contributed by atoms with Crippen molar-refractivity contribution in [3.8, 4) is 0 Å². The average Bonchev–Trinajstić information content (AvgIpc) is 3.77. The Hall–Kier alpha value is -4.46. The molecule has 0 aromatic heterocycles. The molecule has 4 N–H and O–H groups in total. The number of hydrogen-bond donors (Lipinski definition) is 4. The Morgan fingerprint density at radius 3 is 1.77 bits per heavy atom. The highest BCUT2D eigenvalue weighted by Gasteiger charge is 2.44. The number of likely N-dealkylation sites (N-methyl/N-ethyl adjacent to an activating group) is 1. The van der Waals surface area contributed by atoms with Crippen LogP contribution < -0.4 is 10.6 Å². The van der Waals surface area contributed by atoms with E-state index in [0.717, 1.165) is 18.4 Å². The minimum atomic E-state index is -5.08. The van der Waals surface area contributed by atoms with Crippen molar-refractivity contribution < 1.29 is 71.2 Å². The normalized spacial score (nSPS) is 16.8. The number of hydrogen-bond acceptors (Lipinski definition) is 12. The molecule has 1 saturated heterocycles. The number of likely N-dealkylation sites (tertiary alicyclic amines) is 1. The number of benzene rings is 1. The molecule has 19 heteroatoms. The van der Waals surface area contributed by atoms with Gasteiger partial charge in [-0.15, -0.1) is 0 Å². The maximum absolute atomic E-state index is 14.2. The molecule has 2 rings (SSSR count).